The first-order chi connectivity index (χ1) is 16.4. The Balaban J connectivity index is 1.69. The highest BCUT2D eigenvalue weighted by Crippen LogP contribution is 2.27. The van der Waals surface area contributed by atoms with Gasteiger partial charge in [0.2, 0.25) is 12.3 Å². The number of rotatable bonds is 6. The summed E-state index contributed by atoms with van der Waals surface area (Å²) in [7, 11) is 5.58. The Morgan fingerprint density at radius 2 is 1.76 bits per heavy atom. The van der Waals surface area contributed by atoms with Crippen LogP contribution in [0.5, 0.6) is 5.75 Å². The fourth-order valence-electron chi connectivity index (χ4n) is 4.01. The molecule has 1 aliphatic rings. The normalized spacial score (nSPS) is 18.5. The monoisotopic (exact) mass is 457 g/mol. The fraction of sp³-hybridized carbons (Fsp3) is 0.222. The molecule has 0 spiro atoms. The SMILES string of the molecule is COc1ccc([C@H]2[C@H](NC(=O)c3cccc(C)c3)C(=O)N/[N+]2=C\c2ccc(N(C)C)cc2)cc1. The van der Waals surface area contributed by atoms with Crippen LogP contribution in [0.15, 0.2) is 72.8 Å². The molecule has 34 heavy (non-hydrogen) atoms. The minimum Gasteiger partial charge on any atom is -0.497 e. The second-order valence-electron chi connectivity index (χ2n) is 8.54. The Labute approximate surface area is 199 Å². The Morgan fingerprint density at radius 3 is 2.38 bits per heavy atom. The van der Waals surface area contributed by atoms with Crippen LogP contribution < -0.4 is 20.4 Å². The van der Waals surface area contributed by atoms with Crippen LogP contribution in [0.3, 0.4) is 0 Å². The van der Waals surface area contributed by atoms with Gasteiger partial charge in [-0.3, -0.25) is 9.59 Å². The molecular weight excluding hydrogens is 428 g/mol. The molecule has 174 valence electrons. The number of methoxy groups -OCH3 is 1. The first-order valence-corrected chi connectivity index (χ1v) is 11.1. The van der Waals surface area contributed by atoms with E-state index in [1.807, 2.05) is 92.8 Å². The number of hydrazone groups is 1. The predicted octanol–water partition coefficient (Wildman–Crippen LogP) is 3.09. The van der Waals surface area contributed by atoms with Crippen LogP contribution in [0.25, 0.3) is 0 Å². The van der Waals surface area contributed by atoms with Crippen LogP contribution >= 0.6 is 0 Å². The van der Waals surface area contributed by atoms with E-state index in [1.165, 1.54) is 0 Å². The Morgan fingerprint density at radius 1 is 1.06 bits per heavy atom. The summed E-state index contributed by atoms with van der Waals surface area (Å²) in [6, 6.07) is 21.6. The van der Waals surface area contributed by atoms with Gasteiger partial charge in [0.05, 0.1) is 7.11 Å². The standard InChI is InChI=1S/C27H28N4O3/c1-18-6-5-7-21(16-18)26(32)28-24-25(20-10-14-23(34-4)15-11-20)31(29-27(24)33)17-19-8-12-22(13-9-19)30(2)3/h5-17,24-25H,1-4H3,(H-,28,29,32,33)/p+1/t24-,25-/m0/s1. The molecule has 7 nitrogen and oxygen atoms in total. The molecule has 0 bridgehead atoms. The summed E-state index contributed by atoms with van der Waals surface area (Å²) in [5.41, 5.74) is 7.29. The van der Waals surface area contributed by atoms with E-state index in [1.54, 1.807) is 23.9 Å². The number of nitrogens with zero attached hydrogens (tertiary/aromatic N) is 2. The fourth-order valence-corrected chi connectivity index (χ4v) is 4.01. The highest BCUT2D eigenvalue weighted by molar-refractivity contribution is 5.98. The topological polar surface area (TPSA) is 73.7 Å². The number of benzene rings is 3. The Bertz CT molecular complexity index is 1220. The predicted molar refractivity (Wildman–Crippen MR) is 133 cm³/mol. The molecule has 1 saturated heterocycles. The number of hydrazine groups is 1. The molecule has 4 rings (SSSR count). The van der Waals surface area contributed by atoms with Gasteiger partial charge in [0, 0.05) is 36.5 Å². The molecule has 0 aromatic heterocycles. The van der Waals surface area contributed by atoms with Crippen molar-refractivity contribution < 1.29 is 19.0 Å². The van der Waals surface area contributed by atoms with Gasteiger partial charge < -0.3 is 15.0 Å². The number of anilines is 1. The summed E-state index contributed by atoms with van der Waals surface area (Å²) < 4.78 is 7.05. The van der Waals surface area contributed by atoms with E-state index in [2.05, 4.69) is 10.7 Å². The first-order valence-electron chi connectivity index (χ1n) is 11.1. The zero-order valence-electron chi connectivity index (χ0n) is 19.8. The lowest BCUT2D eigenvalue weighted by Crippen LogP contribution is -2.42. The second kappa shape index (κ2) is 9.79. The van der Waals surface area contributed by atoms with Crippen LogP contribution in [-0.2, 0) is 4.79 Å². The van der Waals surface area contributed by atoms with E-state index in [0.29, 0.717) is 5.56 Å². The summed E-state index contributed by atoms with van der Waals surface area (Å²) in [5.74, 6) is 0.152. The summed E-state index contributed by atoms with van der Waals surface area (Å²) in [6.45, 7) is 1.93. The average Bonchev–Trinajstić information content (AvgIpc) is 3.13. The maximum Gasteiger partial charge on any atom is 0.304 e. The molecule has 0 aliphatic carbocycles. The molecule has 2 amide bonds. The maximum atomic E-state index is 13.0. The molecule has 2 N–H and O–H groups in total. The van der Waals surface area contributed by atoms with Crippen molar-refractivity contribution >= 4 is 23.7 Å². The summed E-state index contributed by atoms with van der Waals surface area (Å²) >= 11 is 0. The number of carbonyl (C=O) groups excluding carboxylic acids is 2. The highest BCUT2D eigenvalue weighted by atomic mass is 16.5. The molecule has 2 atom stereocenters. The van der Waals surface area contributed by atoms with Crippen molar-refractivity contribution in [3.05, 3.63) is 95.1 Å². The number of hydrogen-bond acceptors (Lipinski definition) is 4. The highest BCUT2D eigenvalue weighted by Gasteiger charge is 2.47. The van der Waals surface area contributed by atoms with E-state index in [9.17, 15) is 9.59 Å². The quantitative estimate of drug-likeness (QED) is 0.558. The molecule has 1 heterocycles. The zero-order chi connectivity index (χ0) is 24.2. The zero-order valence-corrected chi connectivity index (χ0v) is 19.8. The molecule has 7 heteroatoms. The van der Waals surface area contributed by atoms with Gasteiger partial charge in [0.15, 0.2) is 6.04 Å². The number of ether oxygens (including phenoxy) is 1. The largest absolute Gasteiger partial charge is 0.497 e. The van der Waals surface area contributed by atoms with Gasteiger partial charge in [-0.05, 0) is 67.6 Å². The lowest BCUT2D eigenvalue weighted by molar-refractivity contribution is -0.596. The molecular formula is C27H29N4O3+. The molecule has 0 unspecified atom stereocenters. The molecule has 0 saturated carbocycles. The van der Waals surface area contributed by atoms with E-state index in [0.717, 1.165) is 28.1 Å². The summed E-state index contributed by atoms with van der Waals surface area (Å²) in [6.07, 6.45) is 1.88. The van der Waals surface area contributed by atoms with Gasteiger partial charge >= 0.3 is 5.91 Å². The van der Waals surface area contributed by atoms with Crippen LogP contribution in [0, 0.1) is 6.92 Å². The van der Waals surface area contributed by atoms with Gasteiger partial charge in [0.1, 0.15) is 5.75 Å². The maximum absolute atomic E-state index is 13.0. The third-order valence-corrected chi connectivity index (χ3v) is 5.86. The van der Waals surface area contributed by atoms with Crippen LogP contribution in [0.1, 0.15) is 33.1 Å². The van der Waals surface area contributed by atoms with Gasteiger partial charge in [-0.15, -0.1) is 10.1 Å². The van der Waals surface area contributed by atoms with Crippen molar-refractivity contribution in [3.8, 4) is 5.75 Å². The Hall–Kier alpha value is -4.13. The van der Waals surface area contributed by atoms with E-state index in [4.69, 9.17) is 4.74 Å². The number of nitrogens with one attached hydrogen (secondary N) is 2. The van der Waals surface area contributed by atoms with Crippen molar-refractivity contribution in [2.45, 2.75) is 19.0 Å². The average molecular weight is 458 g/mol. The van der Waals surface area contributed by atoms with Gasteiger partial charge in [-0.2, -0.15) is 0 Å². The number of amides is 2. The minimum absolute atomic E-state index is 0.275. The van der Waals surface area contributed by atoms with Gasteiger partial charge in [-0.25, -0.2) is 0 Å². The van der Waals surface area contributed by atoms with E-state index >= 15 is 0 Å². The smallest absolute Gasteiger partial charge is 0.304 e. The van der Waals surface area contributed by atoms with Crippen LogP contribution in [0.2, 0.25) is 0 Å². The molecule has 1 fully saturated rings. The van der Waals surface area contributed by atoms with Crippen molar-refractivity contribution in [2.75, 3.05) is 26.1 Å². The molecule has 3 aromatic rings. The number of carbonyl (C=O) groups is 2. The summed E-state index contributed by atoms with van der Waals surface area (Å²) in [5, 5.41) is 2.94. The molecule has 1 aliphatic heterocycles. The van der Waals surface area contributed by atoms with Crippen molar-refractivity contribution in [1.29, 1.82) is 0 Å². The van der Waals surface area contributed by atoms with Crippen molar-refractivity contribution in [2.24, 2.45) is 0 Å². The van der Waals surface area contributed by atoms with Crippen molar-refractivity contribution in [1.82, 2.24) is 10.7 Å². The third kappa shape index (κ3) is 4.93. The first kappa shape index (κ1) is 23.0. The molecule has 3 aromatic carbocycles. The van der Waals surface area contributed by atoms with Gasteiger partial charge in [-0.1, -0.05) is 17.7 Å². The second-order valence-corrected chi connectivity index (χ2v) is 8.54. The number of aryl methyl sites for hydroxylation is 1. The Kier molecular flexibility index (Phi) is 6.63. The lowest BCUT2D eigenvalue weighted by atomic mass is 9.99. The number of hydrogen-bond donors (Lipinski definition) is 2. The van der Waals surface area contributed by atoms with E-state index in [-0.39, 0.29) is 11.8 Å². The molecule has 0 radical (unpaired) electrons. The van der Waals surface area contributed by atoms with Crippen molar-refractivity contribution in [3.63, 3.8) is 0 Å². The lowest BCUT2D eigenvalue weighted by Gasteiger charge is -2.15. The van der Waals surface area contributed by atoms with Crippen LogP contribution in [0.4, 0.5) is 5.69 Å². The summed E-state index contributed by atoms with van der Waals surface area (Å²) in [4.78, 5) is 28.1. The third-order valence-electron chi connectivity index (χ3n) is 5.86. The van der Waals surface area contributed by atoms with Gasteiger partial charge in [0.25, 0.3) is 5.91 Å². The van der Waals surface area contributed by atoms with Crippen LogP contribution in [-0.4, -0.2) is 50.0 Å². The minimum atomic E-state index is -0.779. The van der Waals surface area contributed by atoms with E-state index < -0.39 is 12.1 Å².